The van der Waals surface area contributed by atoms with Crippen LogP contribution in [0.25, 0.3) is 11.4 Å². The summed E-state index contributed by atoms with van der Waals surface area (Å²) in [5, 5.41) is 2.96. The van der Waals surface area contributed by atoms with Gasteiger partial charge in [0.1, 0.15) is 11.6 Å². The molecule has 0 saturated carbocycles. The van der Waals surface area contributed by atoms with Crippen LogP contribution in [-0.4, -0.2) is 22.6 Å². The number of nitrogens with zero attached hydrogens (tertiary/aromatic N) is 2. The number of carbonyl (C=O) groups is 1. The summed E-state index contributed by atoms with van der Waals surface area (Å²) in [6.07, 6.45) is 3.95. The van der Waals surface area contributed by atoms with Gasteiger partial charge in [-0.15, -0.1) is 0 Å². The Balaban J connectivity index is 1.64. The highest BCUT2D eigenvalue weighted by Gasteiger charge is 2.16. The van der Waals surface area contributed by atoms with Gasteiger partial charge in [-0.1, -0.05) is 24.3 Å². The van der Waals surface area contributed by atoms with E-state index in [1.807, 2.05) is 66.2 Å². The van der Waals surface area contributed by atoms with Crippen molar-refractivity contribution in [2.75, 3.05) is 12.8 Å². The number of imidazole rings is 1. The standard InChI is InChI=1S/C21H24N4O2/c1-15(12-20(26)24-14-16-6-5-7-17(13-16)27-2)25-11-10-23-21(25)18-8-3-4-9-19(18)22/h3-11,13,15H,12,14,22H2,1-2H3,(H,24,26). The van der Waals surface area contributed by atoms with E-state index in [1.165, 1.54) is 0 Å². The molecule has 6 nitrogen and oxygen atoms in total. The number of amides is 1. The lowest BCUT2D eigenvalue weighted by atomic mass is 10.1. The maximum absolute atomic E-state index is 12.4. The van der Waals surface area contributed by atoms with Crippen LogP contribution in [0, 0.1) is 0 Å². The van der Waals surface area contributed by atoms with Crippen LogP contribution in [0.4, 0.5) is 5.69 Å². The molecule has 3 aromatic rings. The van der Waals surface area contributed by atoms with Crippen molar-refractivity contribution in [3.05, 3.63) is 66.5 Å². The van der Waals surface area contributed by atoms with Crippen molar-refractivity contribution in [1.82, 2.24) is 14.9 Å². The van der Waals surface area contributed by atoms with Crippen molar-refractivity contribution in [2.45, 2.75) is 25.9 Å². The SMILES string of the molecule is COc1cccc(CNC(=O)CC(C)n2ccnc2-c2ccccc2N)c1. The van der Waals surface area contributed by atoms with Gasteiger partial charge in [0.25, 0.3) is 0 Å². The molecule has 1 amide bonds. The molecule has 0 fully saturated rings. The van der Waals surface area contributed by atoms with Crippen LogP contribution in [0.5, 0.6) is 5.75 Å². The maximum atomic E-state index is 12.4. The van der Waals surface area contributed by atoms with E-state index >= 15 is 0 Å². The number of rotatable bonds is 7. The molecule has 2 aromatic carbocycles. The van der Waals surface area contributed by atoms with E-state index in [4.69, 9.17) is 10.5 Å². The van der Waals surface area contributed by atoms with Crippen molar-refractivity contribution >= 4 is 11.6 Å². The number of aromatic nitrogens is 2. The van der Waals surface area contributed by atoms with E-state index in [2.05, 4.69) is 10.3 Å². The number of carbonyl (C=O) groups excluding carboxylic acids is 1. The van der Waals surface area contributed by atoms with Crippen LogP contribution in [0.2, 0.25) is 0 Å². The summed E-state index contributed by atoms with van der Waals surface area (Å²) < 4.78 is 7.19. The molecule has 0 bridgehead atoms. The number of hydrogen-bond donors (Lipinski definition) is 2. The number of para-hydroxylation sites is 1. The minimum absolute atomic E-state index is 0.0222. The minimum atomic E-state index is -0.0487. The molecule has 0 spiro atoms. The lowest BCUT2D eigenvalue weighted by Crippen LogP contribution is -2.25. The van der Waals surface area contributed by atoms with Gasteiger partial charge in [0.05, 0.1) is 7.11 Å². The number of benzene rings is 2. The Bertz CT molecular complexity index is 920. The highest BCUT2D eigenvalue weighted by Crippen LogP contribution is 2.27. The fraction of sp³-hybridized carbons (Fsp3) is 0.238. The van der Waals surface area contributed by atoms with E-state index < -0.39 is 0 Å². The highest BCUT2D eigenvalue weighted by atomic mass is 16.5. The molecule has 1 heterocycles. The number of methoxy groups -OCH3 is 1. The number of nitrogen functional groups attached to an aromatic ring is 1. The van der Waals surface area contributed by atoms with Crippen molar-refractivity contribution in [3.63, 3.8) is 0 Å². The minimum Gasteiger partial charge on any atom is -0.497 e. The van der Waals surface area contributed by atoms with Gasteiger partial charge in [-0.3, -0.25) is 4.79 Å². The highest BCUT2D eigenvalue weighted by molar-refractivity contribution is 5.77. The molecule has 0 saturated heterocycles. The molecule has 27 heavy (non-hydrogen) atoms. The Morgan fingerprint density at radius 2 is 2.07 bits per heavy atom. The monoisotopic (exact) mass is 364 g/mol. The zero-order chi connectivity index (χ0) is 19.2. The first kappa shape index (κ1) is 18.5. The number of nitrogens with two attached hydrogens (primary N) is 1. The van der Waals surface area contributed by atoms with Gasteiger partial charge in [0.2, 0.25) is 5.91 Å². The molecule has 140 valence electrons. The van der Waals surface area contributed by atoms with Gasteiger partial charge in [-0.2, -0.15) is 0 Å². The second-order valence-corrected chi connectivity index (χ2v) is 6.43. The molecular weight excluding hydrogens is 340 g/mol. The Labute approximate surface area is 159 Å². The predicted octanol–water partition coefficient (Wildman–Crippen LogP) is 3.41. The fourth-order valence-corrected chi connectivity index (χ4v) is 3.00. The Morgan fingerprint density at radius 3 is 2.85 bits per heavy atom. The predicted molar refractivity (Wildman–Crippen MR) is 106 cm³/mol. The second-order valence-electron chi connectivity index (χ2n) is 6.43. The summed E-state index contributed by atoms with van der Waals surface area (Å²) in [4.78, 5) is 16.8. The molecular formula is C21H24N4O2. The summed E-state index contributed by atoms with van der Waals surface area (Å²) in [6, 6.07) is 15.2. The molecule has 0 aliphatic heterocycles. The lowest BCUT2D eigenvalue weighted by Gasteiger charge is -2.17. The van der Waals surface area contributed by atoms with Crippen LogP contribution < -0.4 is 15.8 Å². The summed E-state index contributed by atoms with van der Waals surface area (Å²) >= 11 is 0. The van der Waals surface area contributed by atoms with Crippen molar-refractivity contribution in [3.8, 4) is 17.1 Å². The largest absolute Gasteiger partial charge is 0.497 e. The third kappa shape index (κ3) is 4.47. The van der Waals surface area contributed by atoms with E-state index in [1.54, 1.807) is 13.3 Å². The summed E-state index contributed by atoms with van der Waals surface area (Å²) in [6.45, 7) is 2.46. The van der Waals surface area contributed by atoms with Gasteiger partial charge < -0.3 is 20.4 Å². The van der Waals surface area contributed by atoms with Crippen LogP contribution >= 0.6 is 0 Å². The van der Waals surface area contributed by atoms with E-state index in [-0.39, 0.29) is 11.9 Å². The van der Waals surface area contributed by atoms with Crippen LogP contribution in [0.3, 0.4) is 0 Å². The lowest BCUT2D eigenvalue weighted by molar-refractivity contribution is -0.121. The zero-order valence-corrected chi connectivity index (χ0v) is 15.6. The summed E-state index contributed by atoms with van der Waals surface area (Å²) in [7, 11) is 1.63. The number of nitrogens with one attached hydrogen (secondary N) is 1. The zero-order valence-electron chi connectivity index (χ0n) is 15.6. The van der Waals surface area contributed by atoms with Gasteiger partial charge >= 0.3 is 0 Å². The summed E-state index contributed by atoms with van der Waals surface area (Å²) in [5.41, 5.74) is 8.60. The fourth-order valence-electron chi connectivity index (χ4n) is 3.00. The quantitative estimate of drug-likeness (QED) is 0.630. The topological polar surface area (TPSA) is 82.2 Å². The van der Waals surface area contributed by atoms with Crippen LogP contribution in [0.15, 0.2) is 60.9 Å². The smallest absolute Gasteiger partial charge is 0.222 e. The first-order valence-electron chi connectivity index (χ1n) is 8.86. The maximum Gasteiger partial charge on any atom is 0.222 e. The molecule has 3 rings (SSSR count). The Hall–Kier alpha value is -3.28. The third-order valence-corrected chi connectivity index (χ3v) is 4.45. The van der Waals surface area contributed by atoms with Crippen LogP contribution in [-0.2, 0) is 11.3 Å². The first-order valence-corrected chi connectivity index (χ1v) is 8.86. The van der Waals surface area contributed by atoms with Gasteiger partial charge in [0, 0.05) is 42.7 Å². The molecule has 3 N–H and O–H groups in total. The first-order chi connectivity index (χ1) is 13.1. The van der Waals surface area contributed by atoms with Crippen molar-refractivity contribution < 1.29 is 9.53 Å². The average molecular weight is 364 g/mol. The molecule has 1 atom stereocenters. The van der Waals surface area contributed by atoms with Gasteiger partial charge in [-0.05, 0) is 36.8 Å². The third-order valence-electron chi connectivity index (χ3n) is 4.45. The normalized spacial score (nSPS) is 11.8. The average Bonchev–Trinajstić information content (AvgIpc) is 3.16. The molecule has 0 aliphatic rings. The number of hydrogen-bond acceptors (Lipinski definition) is 4. The molecule has 6 heteroatoms. The Morgan fingerprint density at radius 1 is 1.26 bits per heavy atom. The van der Waals surface area contributed by atoms with Crippen molar-refractivity contribution in [1.29, 1.82) is 0 Å². The second kappa shape index (κ2) is 8.40. The van der Waals surface area contributed by atoms with Gasteiger partial charge in [0.15, 0.2) is 0 Å². The number of anilines is 1. The molecule has 0 radical (unpaired) electrons. The van der Waals surface area contributed by atoms with E-state index in [9.17, 15) is 4.79 Å². The van der Waals surface area contributed by atoms with E-state index in [0.717, 1.165) is 22.7 Å². The van der Waals surface area contributed by atoms with Crippen molar-refractivity contribution in [2.24, 2.45) is 0 Å². The number of ether oxygens (including phenoxy) is 1. The molecule has 0 aliphatic carbocycles. The molecule has 1 unspecified atom stereocenters. The van der Waals surface area contributed by atoms with Crippen LogP contribution in [0.1, 0.15) is 24.9 Å². The Kier molecular flexibility index (Phi) is 5.76. The van der Waals surface area contributed by atoms with E-state index in [0.29, 0.717) is 18.7 Å². The summed E-state index contributed by atoms with van der Waals surface area (Å²) in [5.74, 6) is 1.52. The molecule has 1 aromatic heterocycles. The van der Waals surface area contributed by atoms with Gasteiger partial charge in [-0.25, -0.2) is 4.98 Å².